The van der Waals surface area contributed by atoms with Gasteiger partial charge < -0.3 is 33.8 Å². The fraction of sp³-hybridized carbons (Fsp3) is 0.953. The van der Waals surface area contributed by atoms with Crippen molar-refractivity contribution in [2.45, 2.75) is 459 Å². The average molecular weight is 1520 g/mol. The van der Waals surface area contributed by atoms with E-state index in [1.807, 2.05) is 0 Å². The maximum absolute atomic E-state index is 13.1. The van der Waals surface area contributed by atoms with Crippen LogP contribution < -0.4 is 0 Å². The standard InChI is InChI=1S/C85H166O17P2/c1-75(2)61-53-45-37-31-25-19-14-11-9-10-12-16-23-29-35-41-51-59-67-85(90)102-81(72-96-83(88)66-58-50-44-43-48-56-64-78(7)8)74-100-104(93,94)98-70-79(86)69-97-103(91,92)99-73-80(101-84(89)68-60-52-42-36-30-24-18-21-27-33-39-47-55-63-77(5)6)71-95-82(87)65-57-49-40-34-28-22-17-13-15-20-26-32-38-46-54-62-76(3)4/h75-81,86H,9-74H2,1-8H3,(H,91,92)(H,93,94)/t79?,80-,81-/m1/s1. The molecule has 0 spiro atoms. The SMILES string of the molecule is CC(C)CCCCCCCCCCCCCCCCCCCCC(=O)O[C@H](COC(=O)CCCCCCCCC(C)C)COP(=O)(O)OCC(O)COP(=O)(O)OC[C@@H](COC(=O)CCCCCCCCCCCCCCCCCC(C)C)OC(=O)CCCCCCCCCCCCCCCC(C)C. The number of esters is 4. The molecule has 618 valence electrons. The maximum atomic E-state index is 13.1. The van der Waals surface area contributed by atoms with Crippen LogP contribution in [0.4, 0.5) is 0 Å². The number of carbonyl (C=O) groups is 4. The molecule has 104 heavy (non-hydrogen) atoms. The van der Waals surface area contributed by atoms with Gasteiger partial charge in [-0.3, -0.25) is 37.3 Å². The summed E-state index contributed by atoms with van der Waals surface area (Å²) in [5.41, 5.74) is 0. The van der Waals surface area contributed by atoms with Gasteiger partial charge in [-0.1, -0.05) is 389 Å². The van der Waals surface area contributed by atoms with Crippen molar-refractivity contribution >= 4 is 39.5 Å². The molecule has 3 unspecified atom stereocenters. The summed E-state index contributed by atoms with van der Waals surface area (Å²) in [6.07, 6.45) is 62.7. The molecule has 17 nitrogen and oxygen atoms in total. The number of aliphatic hydroxyl groups is 1. The number of aliphatic hydroxyl groups excluding tert-OH is 1. The van der Waals surface area contributed by atoms with Crippen LogP contribution in [-0.2, 0) is 65.4 Å². The summed E-state index contributed by atoms with van der Waals surface area (Å²) >= 11 is 0. The number of rotatable bonds is 82. The number of phosphoric acid groups is 2. The van der Waals surface area contributed by atoms with Gasteiger partial charge in [-0.15, -0.1) is 0 Å². The van der Waals surface area contributed by atoms with Crippen LogP contribution in [0.1, 0.15) is 441 Å². The number of carbonyl (C=O) groups excluding carboxylic acids is 4. The molecule has 0 aromatic heterocycles. The maximum Gasteiger partial charge on any atom is 0.472 e. The van der Waals surface area contributed by atoms with Gasteiger partial charge in [0, 0.05) is 25.7 Å². The zero-order valence-electron chi connectivity index (χ0n) is 68.7. The summed E-state index contributed by atoms with van der Waals surface area (Å²) in [7, 11) is -9.93. The molecule has 0 aliphatic carbocycles. The van der Waals surface area contributed by atoms with Crippen molar-refractivity contribution in [2.24, 2.45) is 23.7 Å². The topological polar surface area (TPSA) is 237 Å². The molecule has 0 aromatic carbocycles. The molecule has 0 heterocycles. The van der Waals surface area contributed by atoms with Crippen LogP contribution >= 0.6 is 15.6 Å². The predicted molar refractivity (Wildman–Crippen MR) is 428 cm³/mol. The van der Waals surface area contributed by atoms with Crippen molar-refractivity contribution in [3.05, 3.63) is 0 Å². The van der Waals surface area contributed by atoms with Gasteiger partial charge in [-0.05, 0) is 49.4 Å². The van der Waals surface area contributed by atoms with Gasteiger partial charge in [-0.25, -0.2) is 9.13 Å². The van der Waals surface area contributed by atoms with E-state index in [2.05, 4.69) is 55.4 Å². The third-order valence-corrected chi connectivity index (χ3v) is 21.7. The van der Waals surface area contributed by atoms with Crippen molar-refractivity contribution in [3.63, 3.8) is 0 Å². The van der Waals surface area contributed by atoms with E-state index in [0.717, 1.165) is 114 Å². The number of phosphoric ester groups is 2. The van der Waals surface area contributed by atoms with Crippen LogP contribution in [0.15, 0.2) is 0 Å². The molecular weight excluding hydrogens is 1350 g/mol. The molecule has 0 aromatic rings. The molecule has 0 saturated heterocycles. The third kappa shape index (κ3) is 78.2. The van der Waals surface area contributed by atoms with Crippen LogP contribution in [-0.4, -0.2) is 96.7 Å². The Morgan fingerprint density at radius 1 is 0.240 bits per heavy atom. The predicted octanol–water partition coefficient (Wildman–Crippen LogP) is 25.6. The number of ether oxygens (including phenoxy) is 4. The highest BCUT2D eigenvalue weighted by molar-refractivity contribution is 7.47. The normalized spacial score (nSPS) is 14.0. The first-order valence-corrected chi connectivity index (χ1v) is 46.7. The summed E-state index contributed by atoms with van der Waals surface area (Å²) in [4.78, 5) is 73.1. The van der Waals surface area contributed by atoms with Crippen LogP contribution in [0.5, 0.6) is 0 Å². The fourth-order valence-corrected chi connectivity index (χ4v) is 14.7. The summed E-state index contributed by atoms with van der Waals surface area (Å²) in [6.45, 7) is 14.3. The lowest BCUT2D eigenvalue weighted by molar-refractivity contribution is -0.161. The van der Waals surface area contributed by atoms with E-state index in [-0.39, 0.29) is 25.7 Å². The molecule has 0 saturated carbocycles. The first-order chi connectivity index (χ1) is 50.1. The summed E-state index contributed by atoms with van der Waals surface area (Å²) in [5.74, 6) is 0.982. The molecule has 19 heteroatoms. The second kappa shape index (κ2) is 73.8. The van der Waals surface area contributed by atoms with E-state index >= 15 is 0 Å². The van der Waals surface area contributed by atoms with Gasteiger partial charge >= 0.3 is 39.5 Å². The third-order valence-electron chi connectivity index (χ3n) is 19.8. The fourth-order valence-electron chi connectivity index (χ4n) is 13.1. The van der Waals surface area contributed by atoms with Crippen molar-refractivity contribution < 1.29 is 80.2 Å². The smallest absolute Gasteiger partial charge is 0.462 e. The van der Waals surface area contributed by atoms with E-state index in [4.69, 9.17) is 37.0 Å². The molecule has 3 N–H and O–H groups in total. The Balaban J connectivity index is 5.19. The molecule has 0 rings (SSSR count). The summed E-state index contributed by atoms with van der Waals surface area (Å²) in [6, 6.07) is 0. The molecule has 0 bridgehead atoms. The Morgan fingerprint density at radius 3 is 0.596 bits per heavy atom. The van der Waals surface area contributed by atoms with Crippen LogP contribution in [0.2, 0.25) is 0 Å². The van der Waals surface area contributed by atoms with E-state index in [0.29, 0.717) is 31.6 Å². The molecule has 0 aliphatic rings. The Kier molecular flexibility index (Phi) is 72.5. The van der Waals surface area contributed by atoms with Gasteiger partial charge in [0.05, 0.1) is 26.4 Å². The Labute approximate surface area is 638 Å². The zero-order chi connectivity index (χ0) is 76.7. The van der Waals surface area contributed by atoms with E-state index in [1.54, 1.807) is 0 Å². The number of hydrogen-bond acceptors (Lipinski definition) is 15. The Morgan fingerprint density at radius 2 is 0.404 bits per heavy atom. The molecule has 0 amide bonds. The Bertz CT molecular complexity index is 2020. The highest BCUT2D eigenvalue weighted by Gasteiger charge is 2.30. The van der Waals surface area contributed by atoms with E-state index < -0.39 is 97.5 Å². The molecular formula is C85H166O17P2. The monoisotopic (exact) mass is 1520 g/mol. The lowest BCUT2D eigenvalue weighted by Gasteiger charge is -2.21. The lowest BCUT2D eigenvalue weighted by Crippen LogP contribution is -2.30. The molecule has 0 radical (unpaired) electrons. The largest absolute Gasteiger partial charge is 0.472 e. The summed E-state index contributed by atoms with van der Waals surface area (Å²) in [5, 5.41) is 10.7. The van der Waals surface area contributed by atoms with Gasteiger partial charge in [0.1, 0.15) is 19.3 Å². The lowest BCUT2D eigenvalue weighted by atomic mass is 10.0. The van der Waals surface area contributed by atoms with Crippen molar-refractivity contribution in [1.82, 2.24) is 0 Å². The first-order valence-electron chi connectivity index (χ1n) is 43.7. The molecule has 5 atom stereocenters. The minimum absolute atomic E-state index is 0.107. The Hall–Kier alpha value is -1.94. The van der Waals surface area contributed by atoms with Crippen LogP contribution in [0.3, 0.4) is 0 Å². The summed E-state index contributed by atoms with van der Waals surface area (Å²) < 4.78 is 68.8. The second-order valence-electron chi connectivity index (χ2n) is 32.5. The quantitative estimate of drug-likeness (QED) is 0.0222. The van der Waals surface area contributed by atoms with Crippen molar-refractivity contribution in [1.29, 1.82) is 0 Å². The van der Waals surface area contributed by atoms with Gasteiger partial charge in [0.25, 0.3) is 0 Å². The number of hydrogen-bond donors (Lipinski definition) is 3. The average Bonchev–Trinajstić information content (AvgIpc) is 0.907. The minimum atomic E-state index is -4.96. The van der Waals surface area contributed by atoms with Gasteiger partial charge in [0.2, 0.25) is 0 Å². The highest BCUT2D eigenvalue weighted by atomic mass is 31.2. The van der Waals surface area contributed by atoms with Crippen LogP contribution in [0.25, 0.3) is 0 Å². The van der Waals surface area contributed by atoms with Crippen molar-refractivity contribution in [3.8, 4) is 0 Å². The van der Waals surface area contributed by atoms with E-state index in [1.165, 1.54) is 238 Å². The van der Waals surface area contributed by atoms with Crippen LogP contribution in [0, 0.1) is 23.7 Å². The minimum Gasteiger partial charge on any atom is -0.462 e. The molecule has 0 aliphatic heterocycles. The van der Waals surface area contributed by atoms with Crippen molar-refractivity contribution in [2.75, 3.05) is 39.6 Å². The van der Waals surface area contributed by atoms with Gasteiger partial charge in [-0.2, -0.15) is 0 Å². The first kappa shape index (κ1) is 102. The highest BCUT2D eigenvalue weighted by Crippen LogP contribution is 2.45. The van der Waals surface area contributed by atoms with Gasteiger partial charge in [0.15, 0.2) is 12.2 Å². The molecule has 0 fully saturated rings. The zero-order valence-corrected chi connectivity index (χ0v) is 70.5. The second-order valence-corrected chi connectivity index (χ2v) is 35.4. The van der Waals surface area contributed by atoms with E-state index in [9.17, 15) is 43.2 Å². The number of unbranched alkanes of at least 4 members (excludes halogenated alkanes) is 48.